The zero-order valence-corrected chi connectivity index (χ0v) is 34.3. The first-order valence-electron chi connectivity index (χ1n) is 19.1. The second kappa shape index (κ2) is 17.1. The molecule has 1 spiro atoms. The Morgan fingerprint density at radius 1 is 1.22 bits per heavy atom. The van der Waals surface area contributed by atoms with Gasteiger partial charge in [0.2, 0.25) is 5.88 Å². The Kier molecular flexibility index (Phi) is 12.6. The number of nitrogens with one attached hydrogen (secondary N) is 1. The lowest BCUT2D eigenvalue weighted by molar-refractivity contribution is 0.0135. The second-order valence-corrected chi connectivity index (χ2v) is 17.7. The Hall–Kier alpha value is -3.91. The summed E-state index contributed by atoms with van der Waals surface area (Å²) in [6, 6.07) is 11.4. The van der Waals surface area contributed by atoms with Gasteiger partial charge in [0.05, 0.1) is 37.4 Å². The molecule has 2 amide bonds. The molecule has 1 saturated carbocycles. The molecular formula is C41H54ClN5O7S. The first-order chi connectivity index (χ1) is 26.3. The van der Waals surface area contributed by atoms with E-state index in [1.807, 2.05) is 32.9 Å². The molecule has 12 nitrogen and oxygen atoms in total. The fraction of sp³-hybridized carbons (Fsp3) is 0.537. The molecule has 1 fully saturated rings. The molecule has 7 atom stereocenters. The van der Waals surface area contributed by atoms with E-state index < -0.39 is 21.7 Å². The Morgan fingerprint density at radius 3 is 2.71 bits per heavy atom. The van der Waals surface area contributed by atoms with Gasteiger partial charge in [-0.1, -0.05) is 30.7 Å². The molecule has 2 heterocycles. The highest BCUT2D eigenvalue weighted by molar-refractivity contribution is 7.92. The number of hydrogen-bond donors (Lipinski definition) is 1. The van der Waals surface area contributed by atoms with Crippen molar-refractivity contribution < 1.29 is 32.7 Å². The van der Waals surface area contributed by atoms with E-state index in [9.17, 15) is 13.8 Å². The third-order valence-corrected chi connectivity index (χ3v) is 13.8. The van der Waals surface area contributed by atoms with Crippen LogP contribution in [0.5, 0.6) is 11.6 Å². The summed E-state index contributed by atoms with van der Waals surface area (Å²) < 4.78 is 46.5. The highest BCUT2D eigenvalue weighted by Gasteiger charge is 2.44. The van der Waals surface area contributed by atoms with E-state index in [-0.39, 0.29) is 46.3 Å². The molecule has 0 unspecified atom stereocenters. The summed E-state index contributed by atoms with van der Waals surface area (Å²) in [5.74, 6) is -0.495. The molecule has 55 heavy (non-hydrogen) atoms. The molecule has 2 aromatic carbocycles. The Labute approximate surface area is 330 Å². The molecule has 1 N–H and O–H groups in total. The number of nitrogens with zero attached hydrogens (tertiary/aromatic N) is 4. The number of benzene rings is 2. The van der Waals surface area contributed by atoms with Crippen LogP contribution in [-0.2, 0) is 38.3 Å². The molecule has 14 heteroatoms. The SMILES string of the molecule is C=C[C@H](OC)[C@@H]1CC[C@H]1CN1C[C@@]2(CCCc3cc(Cl)ccc32)COc2ccc(C(=O)N=[S@@](=O)(C[C@@H](C)[C@H](C)OCC)NC(=O)c3cn(C)nc3OC)cc21. The Balaban J connectivity index is 1.38. The number of aromatic nitrogens is 2. The fourth-order valence-electron chi connectivity index (χ4n) is 8.41. The maximum absolute atomic E-state index is 14.7. The summed E-state index contributed by atoms with van der Waals surface area (Å²) in [5.41, 5.74) is 3.26. The number of aryl methyl sites for hydroxylation is 2. The largest absolute Gasteiger partial charge is 0.490 e. The lowest BCUT2D eigenvalue weighted by Crippen LogP contribution is -2.49. The van der Waals surface area contributed by atoms with Gasteiger partial charge in [-0.05, 0) is 105 Å². The predicted molar refractivity (Wildman–Crippen MR) is 215 cm³/mol. The van der Waals surface area contributed by atoms with Gasteiger partial charge in [-0.15, -0.1) is 16.0 Å². The lowest BCUT2D eigenvalue weighted by Gasteiger charge is -2.46. The molecule has 3 aliphatic rings. The first kappa shape index (κ1) is 40.7. The summed E-state index contributed by atoms with van der Waals surface area (Å²) >= 11 is 6.47. The van der Waals surface area contributed by atoms with Crippen molar-refractivity contribution in [2.24, 2.45) is 29.2 Å². The number of carbonyl (C=O) groups is 2. The van der Waals surface area contributed by atoms with Gasteiger partial charge in [0, 0.05) is 56.1 Å². The first-order valence-corrected chi connectivity index (χ1v) is 21.1. The van der Waals surface area contributed by atoms with E-state index in [2.05, 4.69) is 37.8 Å². The van der Waals surface area contributed by atoms with Gasteiger partial charge in [0.1, 0.15) is 21.2 Å². The molecule has 2 aliphatic carbocycles. The number of fused-ring (bicyclic) bond motifs is 3. The average Bonchev–Trinajstić information content (AvgIpc) is 3.47. The van der Waals surface area contributed by atoms with Gasteiger partial charge < -0.3 is 23.8 Å². The van der Waals surface area contributed by atoms with Crippen LogP contribution in [-0.4, -0.2) is 84.3 Å². The third kappa shape index (κ3) is 8.75. The quantitative estimate of drug-likeness (QED) is 0.175. The maximum atomic E-state index is 14.7. The monoisotopic (exact) mass is 795 g/mol. The number of amides is 2. The maximum Gasteiger partial charge on any atom is 0.286 e. The summed E-state index contributed by atoms with van der Waals surface area (Å²) in [6.45, 7) is 11.9. The van der Waals surface area contributed by atoms with Crippen LogP contribution in [0.4, 0.5) is 5.69 Å². The summed E-state index contributed by atoms with van der Waals surface area (Å²) in [4.78, 5) is 30.1. The zero-order valence-electron chi connectivity index (χ0n) is 32.7. The summed E-state index contributed by atoms with van der Waals surface area (Å²) in [6.07, 6.45) is 7.97. The highest BCUT2D eigenvalue weighted by Crippen LogP contribution is 2.47. The number of rotatable bonds is 14. The Morgan fingerprint density at radius 2 is 2.02 bits per heavy atom. The van der Waals surface area contributed by atoms with Gasteiger partial charge in [-0.3, -0.25) is 19.0 Å². The second-order valence-electron chi connectivity index (χ2n) is 15.2. The number of hydrogen-bond acceptors (Lipinski definition) is 9. The van der Waals surface area contributed by atoms with Crippen molar-refractivity contribution in [1.82, 2.24) is 14.5 Å². The van der Waals surface area contributed by atoms with Gasteiger partial charge in [0.25, 0.3) is 11.8 Å². The molecule has 6 rings (SSSR count). The van der Waals surface area contributed by atoms with Crippen molar-refractivity contribution in [3.05, 3.63) is 82.5 Å². The van der Waals surface area contributed by atoms with Gasteiger partial charge >= 0.3 is 0 Å². The van der Waals surface area contributed by atoms with E-state index in [1.54, 1.807) is 32.4 Å². The number of methoxy groups -OCH3 is 2. The molecule has 0 radical (unpaired) electrons. The fourth-order valence-corrected chi connectivity index (χ4v) is 10.6. The number of anilines is 1. The van der Waals surface area contributed by atoms with E-state index in [4.69, 9.17) is 30.5 Å². The minimum Gasteiger partial charge on any atom is -0.490 e. The topological polar surface area (TPSA) is 134 Å². The standard InChI is InChI=1S/C41H54ClN5O7S/c1-8-36(51-6)32-15-12-30(32)21-47-24-41(18-10-11-28-19-31(42)14-16-34(28)41)25-54-37-17-13-29(20-35(37)47)38(48)44-55(50,23-26(3)27(4)53-9-2)45-39(49)33-22-46(5)43-40(33)52-7/h8,13-14,16-17,19-20,22,26-27,30,32,36H,1,9-12,15,18,21,23-25H2,2-7H3,(H,44,45,48,49,50)/t26-,27+,30+,32-,36+,41+,55+/m1/s1. The molecular weight excluding hydrogens is 742 g/mol. The predicted octanol–water partition coefficient (Wildman–Crippen LogP) is 6.80. The lowest BCUT2D eigenvalue weighted by atomic mass is 9.68. The van der Waals surface area contributed by atoms with Crippen LogP contribution in [0.1, 0.15) is 78.3 Å². The minimum absolute atomic E-state index is 0.0532. The van der Waals surface area contributed by atoms with E-state index in [1.165, 1.54) is 29.1 Å². The van der Waals surface area contributed by atoms with E-state index in [0.717, 1.165) is 49.4 Å². The molecule has 1 aromatic heterocycles. The number of ether oxygens (including phenoxy) is 4. The minimum atomic E-state index is -3.68. The summed E-state index contributed by atoms with van der Waals surface area (Å²) in [5, 5.41) is 4.87. The highest BCUT2D eigenvalue weighted by atomic mass is 35.5. The van der Waals surface area contributed by atoms with Crippen molar-refractivity contribution in [2.75, 3.05) is 51.2 Å². The van der Waals surface area contributed by atoms with Crippen LogP contribution in [0.15, 0.2) is 59.6 Å². The smallest absolute Gasteiger partial charge is 0.286 e. The van der Waals surface area contributed by atoms with Crippen LogP contribution in [0.3, 0.4) is 0 Å². The molecule has 1 aliphatic heterocycles. The van der Waals surface area contributed by atoms with E-state index >= 15 is 0 Å². The van der Waals surface area contributed by atoms with Crippen molar-refractivity contribution in [2.45, 2.75) is 70.5 Å². The van der Waals surface area contributed by atoms with Crippen LogP contribution in [0.25, 0.3) is 0 Å². The Bertz CT molecular complexity index is 2030. The van der Waals surface area contributed by atoms with Gasteiger partial charge in [0.15, 0.2) is 0 Å². The molecule has 0 bridgehead atoms. The molecule has 3 aromatic rings. The molecule has 0 saturated heterocycles. The van der Waals surface area contributed by atoms with Crippen molar-refractivity contribution in [3.8, 4) is 11.6 Å². The third-order valence-electron chi connectivity index (χ3n) is 11.6. The van der Waals surface area contributed by atoms with Crippen molar-refractivity contribution >= 4 is 39.0 Å². The van der Waals surface area contributed by atoms with E-state index in [0.29, 0.717) is 37.3 Å². The van der Waals surface area contributed by atoms with Crippen molar-refractivity contribution in [3.63, 3.8) is 0 Å². The van der Waals surface area contributed by atoms with Crippen LogP contribution in [0, 0.1) is 17.8 Å². The normalized spacial score (nSPS) is 23.1. The van der Waals surface area contributed by atoms with Gasteiger partial charge in [-0.2, -0.15) is 0 Å². The van der Waals surface area contributed by atoms with Crippen LogP contribution < -0.4 is 19.1 Å². The number of halogens is 1. The zero-order chi connectivity index (χ0) is 39.5. The van der Waals surface area contributed by atoms with Crippen molar-refractivity contribution in [1.29, 1.82) is 0 Å². The average molecular weight is 796 g/mol. The molecule has 298 valence electrons. The van der Waals surface area contributed by atoms with Crippen LogP contribution >= 0.6 is 11.6 Å². The summed E-state index contributed by atoms with van der Waals surface area (Å²) in [7, 11) is 1.09. The van der Waals surface area contributed by atoms with Gasteiger partial charge in [-0.25, -0.2) is 4.21 Å². The number of carbonyl (C=O) groups excluding carboxylic acids is 2. The van der Waals surface area contributed by atoms with Crippen LogP contribution in [0.2, 0.25) is 5.02 Å².